The van der Waals surface area contributed by atoms with E-state index in [0.717, 1.165) is 5.69 Å². The first-order chi connectivity index (χ1) is 8.88. The Morgan fingerprint density at radius 1 is 1.33 bits per heavy atom. The first-order valence-electron chi connectivity index (χ1n) is 5.47. The molecule has 18 heavy (non-hydrogen) atoms. The van der Waals surface area contributed by atoms with Crippen LogP contribution in [0.5, 0.6) is 0 Å². The molecule has 1 heterocycles. The van der Waals surface area contributed by atoms with Crippen LogP contribution < -0.4 is 16.6 Å². The van der Waals surface area contributed by atoms with Gasteiger partial charge in [-0.05, 0) is 12.1 Å². The van der Waals surface area contributed by atoms with Gasteiger partial charge in [0.15, 0.2) is 5.82 Å². The highest BCUT2D eigenvalue weighted by Crippen LogP contribution is 2.04. The van der Waals surface area contributed by atoms with E-state index < -0.39 is 0 Å². The van der Waals surface area contributed by atoms with Crippen molar-refractivity contribution in [3.63, 3.8) is 0 Å². The molecule has 1 aromatic heterocycles. The Balaban J connectivity index is 1.88. The van der Waals surface area contributed by atoms with Gasteiger partial charge in [0.1, 0.15) is 0 Å². The van der Waals surface area contributed by atoms with Crippen LogP contribution in [0.15, 0.2) is 46.2 Å². The van der Waals surface area contributed by atoms with Crippen molar-refractivity contribution in [1.29, 1.82) is 0 Å². The van der Waals surface area contributed by atoms with Crippen LogP contribution in [0.3, 0.4) is 0 Å². The van der Waals surface area contributed by atoms with Gasteiger partial charge >= 0.3 is 0 Å². The summed E-state index contributed by atoms with van der Waals surface area (Å²) in [6.45, 7) is 0.513. The van der Waals surface area contributed by atoms with Crippen LogP contribution in [0.4, 0.5) is 5.69 Å². The van der Waals surface area contributed by atoms with Crippen LogP contribution in [0.1, 0.15) is 5.82 Å². The number of nitrogens with two attached hydrogens (primary N) is 1. The maximum atomic E-state index is 5.39. The number of rotatable bonds is 4. The van der Waals surface area contributed by atoms with E-state index in [4.69, 9.17) is 5.84 Å². The number of hydrogen-bond donors (Lipinski definition) is 3. The number of benzene rings is 1. The van der Waals surface area contributed by atoms with E-state index in [1.54, 1.807) is 0 Å². The molecule has 94 valence electrons. The summed E-state index contributed by atoms with van der Waals surface area (Å²) in [6.07, 6.45) is 1.89. The van der Waals surface area contributed by atoms with Gasteiger partial charge in [-0.3, -0.25) is 10.4 Å². The van der Waals surface area contributed by atoms with E-state index in [1.807, 2.05) is 30.3 Å². The molecule has 1 aromatic carbocycles. The van der Waals surface area contributed by atoms with Gasteiger partial charge in [0.25, 0.3) is 0 Å². The van der Waals surface area contributed by atoms with E-state index in [1.165, 1.54) is 6.39 Å². The fourth-order valence-corrected chi connectivity index (χ4v) is 1.35. The topological polar surface area (TPSA) is 101 Å². The molecule has 0 saturated heterocycles. The Bertz CT molecular complexity index is 481. The minimum atomic E-state index is 0.490. The monoisotopic (exact) mass is 246 g/mol. The van der Waals surface area contributed by atoms with Crippen molar-refractivity contribution < 1.29 is 4.52 Å². The van der Waals surface area contributed by atoms with E-state index >= 15 is 0 Å². The number of anilines is 1. The van der Waals surface area contributed by atoms with Crippen molar-refractivity contribution >= 4 is 11.6 Å². The average Bonchev–Trinajstić information content (AvgIpc) is 2.92. The van der Waals surface area contributed by atoms with Gasteiger partial charge in [-0.25, -0.2) is 5.84 Å². The molecular weight excluding hydrogens is 232 g/mol. The minimum Gasteiger partial charge on any atom is -0.343 e. The summed E-state index contributed by atoms with van der Waals surface area (Å²) in [4.78, 5) is 8.16. The predicted molar refractivity (Wildman–Crippen MR) is 67.7 cm³/mol. The highest BCUT2D eigenvalue weighted by Gasteiger charge is 1.99. The number of hydrogen-bond acceptors (Lipinski definition) is 5. The Morgan fingerprint density at radius 2 is 2.17 bits per heavy atom. The normalized spacial score (nSPS) is 11.3. The van der Waals surface area contributed by atoms with Crippen LogP contribution in [0.2, 0.25) is 0 Å². The lowest BCUT2D eigenvalue weighted by Crippen LogP contribution is -2.36. The van der Waals surface area contributed by atoms with Crippen LogP contribution >= 0.6 is 0 Å². The Hall–Kier alpha value is -2.41. The minimum absolute atomic E-state index is 0.490. The lowest BCUT2D eigenvalue weighted by Gasteiger charge is -2.08. The number of para-hydroxylation sites is 1. The SMILES string of the molecule is NNC(=NCCc1ncon1)Nc1ccccc1. The van der Waals surface area contributed by atoms with Crippen molar-refractivity contribution in [3.8, 4) is 0 Å². The lowest BCUT2D eigenvalue weighted by atomic mass is 10.3. The maximum absolute atomic E-state index is 5.39. The van der Waals surface area contributed by atoms with Gasteiger partial charge in [-0.15, -0.1) is 0 Å². The van der Waals surface area contributed by atoms with Crippen molar-refractivity contribution in [1.82, 2.24) is 15.6 Å². The second kappa shape index (κ2) is 6.36. The summed E-state index contributed by atoms with van der Waals surface area (Å²) >= 11 is 0. The zero-order valence-corrected chi connectivity index (χ0v) is 9.71. The van der Waals surface area contributed by atoms with Crippen molar-refractivity contribution in [3.05, 3.63) is 42.5 Å². The molecule has 0 aliphatic rings. The fraction of sp³-hybridized carbons (Fsp3) is 0.182. The molecule has 0 amide bonds. The third-order valence-electron chi connectivity index (χ3n) is 2.19. The number of aliphatic imine (C=N–C) groups is 1. The maximum Gasteiger partial charge on any atom is 0.213 e. The van der Waals surface area contributed by atoms with Crippen molar-refractivity contribution in [2.24, 2.45) is 10.8 Å². The molecule has 0 atom stereocenters. The number of nitrogens with one attached hydrogen (secondary N) is 2. The summed E-state index contributed by atoms with van der Waals surface area (Å²) < 4.78 is 4.63. The largest absolute Gasteiger partial charge is 0.343 e. The molecule has 0 radical (unpaired) electrons. The van der Waals surface area contributed by atoms with Crippen LogP contribution in [-0.4, -0.2) is 22.6 Å². The molecule has 2 rings (SSSR count). The smallest absolute Gasteiger partial charge is 0.213 e. The van der Waals surface area contributed by atoms with E-state index in [2.05, 4.69) is 30.4 Å². The quantitative estimate of drug-likeness (QED) is 0.315. The zero-order chi connectivity index (χ0) is 12.6. The summed E-state index contributed by atoms with van der Waals surface area (Å²) in [5.74, 6) is 6.50. The van der Waals surface area contributed by atoms with Gasteiger partial charge < -0.3 is 9.84 Å². The molecular formula is C11H14N6O. The van der Waals surface area contributed by atoms with Gasteiger partial charge in [0, 0.05) is 12.1 Å². The van der Waals surface area contributed by atoms with Gasteiger partial charge in [-0.2, -0.15) is 4.98 Å². The second-order valence-corrected chi connectivity index (χ2v) is 3.46. The lowest BCUT2D eigenvalue weighted by molar-refractivity contribution is 0.410. The van der Waals surface area contributed by atoms with Gasteiger partial charge in [-0.1, -0.05) is 23.4 Å². The number of hydrazine groups is 1. The molecule has 0 aliphatic carbocycles. The van der Waals surface area contributed by atoms with Gasteiger partial charge in [0.05, 0.1) is 6.54 Å². The first-order valence-corrected chi connectivity index (χ1v) is 5.47. The molecule has 0 fully saturated rings. The van der Waals surface area contributed by atoms with E-state index in [9.17, 15) is 0 Å². The Kier molecular flexibility index (Phi) is 4.26. The summed E-state index contributed by atoms with van der Waals surface area (Å²) in [7, 11) is 0. The third-order valence-corrected chi connectivity index (χ3v) is 2.19. The zero-order valence-electron chi connectivity index (χ0n) is 9.71. The molecule has 7 heteroatoms. The molecule has 0 bridgehead atoms. The fourth-order valence-electron chi connectivity index (χ4n) is 1.35. The Morgan fingerprint density at radius 3 is 2.83 bits per heavy atom. The standard InChI is InChI=1S/C11H14N6O/c12-16-11(15-9-4-2-1-3-5-9)13-7-6-10-14-8-18-17-10/h1-5,8H,6-7,12H2,(H2,13,15,16). The van der Waals surface area contributed by atoms with Crippen LogP contribution in [-0.2, 0) is 6.42 Å². The van der Waals surface area contributed by atoms with E-state index in [0.29, 0.717) is 24.7 Å². The highest BCUT2D eigenvalue weighted by molar-refractivity contribution is 5.93. The van der Waals surface area contributed by atoms with Crippen molar-refractivity contribution in [2.75, 3.05) is 11.9 Å². The Labute approximate surface area is 104 Å². The molecule has 4 N–H and O–H groups in total. The molecule has 0 unspecified atom stereocenters. The van der Waals surface area contributed by atoms with Gasteiger partial charge in [0.2, 0.25) is 12.4 Å². The summed E-state index contributed by atoms with van der Waals surface area (Å²) in [5, 5.41) is 6.75. The molecule has 2 aromatic rings. The summed E-state index contributed by atoms with van der Waals surface area (Å²) in [6, 6.07) is 9.64. The molecule has 0 aliphatic heterocycles. The summed E-state index contributed by atoms with van der Waals surface area (Å²) in [5.41, 5.74) is 3.42. The molecule has 7 nitrogen and oxygen atoms in total. The third kappa shape index (κ3) is 3.56. The number of nitrogens with zero attached hydrogens (tertiary/aromatic N) is 3. The van der Waals surface area contributed by atoms with Crippen LogP contribution in [0, 0.1) is 0 Å². The average molecular weight is 246 g/mol. The predicted octanol–water partition coefficient (Wildman–Crippen LogP) is 0.544. The second-order valence-electron chi connectivity index (χ2n) is 3.46. The van der Waals surface area contributed by atoms with Crippen molar-refractivity contribution in [2.45, 2.75) is 6.42 Å². The van der Waals surface area contributed by atoms with E-state index in [-0.39, 0.29) is 0 Å². The first kappa shape index (κ1) is 12.1. The van der Waals surface area contributed by atoms with Crippen LogP contribution in [0.25, 0.3) is 0 Å². The molecule has 0 saturated carbocycles. The number of guanidine groups is 1. The number of aromatic nitrogens is 2. The highest BCUT2D eigenvalue weighted by atomic mass is 16.5. The molecule has 0 spiro atoms.